The number of hydrogen-bond acceptors (Lipinski definition) is 11. The van der Waals surface area contributed by atoms with Crippen molar-refractivity contribution >= 4 is 35.5 Å². The molecule has 0 saturated carbocycles. The summed E-state index contributed by atoms with van der Waals surface area (Å²) in [6, 6.07) is -0.511. The minimum atomic E-state index is -0.949. The third-order valence-electron chi connectivity index (χ3n) is 9.24. The first kappa shape index (κ1) is 37.4. The first-order valence-electron chi connectivity index (χ1n) is 16.6. The number of carbonyl (C=O) groups is 6. The number of nitrogens with one attached hydrogen (secondary N) is 1. The van der Waals surface area contributed by atoms with Crippen LogP contribution in [0.4, 0.5) is 0 Å². The summed E-state index contributed by atoms with van der Waals surface area (Å²) in [4.78, 5) is 83.3. The average Bonchev–Trinajstić information content (AvgIpc) is 3.48. The monoisotopic (exact) mass is 651 g/mol. The number of fused-ring (bicyclic) bond motifs is 6. The molecule has 0 aliphatic carbocycles. The molecule has 0 aromatic heterocycles. The zero-order valence-corrected chi connectivity index (χ0v) is 27.9. The van der Waals surface area contributed by atoms with Gasteiger partial charge >= 0.3 is 17.9 Å². The van der Waals surface area contributed by atoms with E-state index in [1.165, 1.54) is 0 Å². The number of aliphatic carboxylic acids is 1. The SMILES string of the molecule is CC(C)[C@@H]1CCCN1C(=O)[C@@H](C)NC(=O)[C@H](C)CC(=O)CN1CCC2CCN(CC(=O)O)CCN(CC1)CC(=O)OCOC(=O)C2. The Morgan fingerprint density at radius 1 is 0.848 bits per heavy atom. The lowest BCUT2D eigenvalue weighted by Crippen LogP contribution is -2.50. The number of ether oxygens (including phenoxy) is 2. The number of amides is 2. The minimum Gasteiger partial charge on any atom is -0.480 e. The first-order chi connectivity index (χ1) is 21.8. The number of rotatable bonds is 10. The van der Waals surface area contributed by atoms with Gasteiger partial charge in [-0.25, -0.2) is 0 Å². The summed E-state index contributed by atoms with van der Waals surface area (Å²) < 4.78 is 10.2. The molecule has 260 valence electrons. The molecule has 14 nitrogen and oxygen atoms in total. The van der Waals surface area contributed by atoms with Crippen LogP contribution in [0.5, 0.6) is 0 Å². The van der Waals surface area contributed by atoms with Crippen LogP contribution in [0.25, 0.3) is 0 Å². The second kappa shape index (κ2) is 18.3. The molecule has 3 fully saturated rings. The van der Waals surface area contributed by atoms with Crippen molar-refractivity contribution in [1.82, 2.24) is 24.9 Å². The van der Waals surface area contributed by atoms with E-state index in [0.717, 1.165) is 12.8 Å². The minimum absolute atomic E-state index is 0.0114. The fourth-order valence-electron chi connectivity index (χ4n) is 6.50. The van der Waals surface area contributed by atoms with E-state index in [0.29, 0.717) is 64.6 Å². The largest absolute Gasteiger partial charge is 0.480 e. The van der Waals surface area contributed by atoms with Crippen molar-refractivity contribution in [2.24, 2.45) is 17.8 Å². The summed E-state index contributed by atoms with van der Waals surface area (Å²) in [6.07, 6.45) is 3.14. The maximum absolute atomic E-state index is 13.2. The van der Waals surface area contributed by atoms with E-state index in [1.54, 1.807) is 13.8 Å². The van der Waals surface area contributed by atoms with E-state index in [4.69, 9.17) is 9.47 Å². The van der Waals surface area contributed by atoms with E-state index in [9.17, 15) is 33.9 Å². The Balaban J connectivity index is 1.63. The number of esters is 2. The van der Waals surface area contributed by atoms with E-state index in [-0.39, 0.29) is 62.0 Å². The Labute approximate surface area is 272 Å². The number of likely N-dealkylation sites (tertiary alicyclic amines) is 1. The summed E-state index contributed by atoms with van der Waals surface area (Å²) in [6.45, 7) is 10.4. The van der Waals surface area contributed by atoms with Crippen LogP contribution >= 0.6 is 0 Å². The average molecular weight is 652 g/mol. The van der Waals surface area contributed by atoms with E-state index >= 15 is 0 Å². The van der Waals surface area contributed by atoms with Gasteiger partial charge in [0.2, 0.25) is 18.6 Å². The van der Waals surface area contributed by atoms with Crippen LogP contribution in [0.15, 0.2) is 0 Å². The van der Waals surface area contributed by atoms with Gasteiger partial charge in [0.15, 0.2) is 0 Å². The molecule has 3 saturated heterocycles. The summed E-state index contributed by atoms with van der Waals surface area (Å²) in [7, 11) is 0. The maximum atomic E-state index is 13.2. The zero-order valence-electron chi connectivity index (χ0n) is 27.9. The third kappa shape index (κ3) is 12.3. The van der Waals surface area contributed by atoms with Crippen LogP contribution in [-0.4, -0.2) is 145 Å². The quantitative estimate of drug-likeness (QED) is 0.316. The molecule has 14 heteroatoms. The number of cyclic esters (lactones) is 2. The molecule has 2 N–H and O–H groups in total. The Kier molecular flexibility index (Phi) is 14.9. The van der Waals surface area contributed by atoms with Gasteiger partial charge in [0.05, 0.1) is 19.6 Å². The normalized spacial score (nSPS) is 25.8. The van der Waals surface area contributed by atoms with Crippen molar-refractivity contribution in [2.75, 3.05) is 72.2 Å². The highest BCUT2D eigenvalue weighted by Gasteiger charge is 2.34. The van der Waals surface area contributed by atoms with Gasteiger partial charge in [-0.2, -0.15) is 0 Å². The Hall–Kier alpha value is -3.10. The molecule has 3 rings (SSSR count). The highest BCUT2D eigenvalue weighted by Crippen LogP contribution is 2.24. The molecular weight excluding hydrogens is 598 g/mol. The second-order valence-electron chi connectivity index (χ2n) is 13.4. The smallest absolute Gasteiger partial charge is 0.323 e. The molecule has 0 aromatic carbocycles. The number of Topliss-reactive ketones (excluding diaryl/α,β-unsaturated/α-hetero) is 1. The van der Waals surface area contributed by atoms with Gasteiger partial charge in [-0.3, -0.25) is 43.5 Å². The number of hydrogen-bond donors (Lipinski definition) is 2. The third-order valence-corrected chi connectivity index (χ3v) is 9.24. The summed E-state index contributed by atoms with van der Waals surface area (Å²) in [5.74, 6) is -3.00. The lowest BCUT2D eigenvalue weighted by molar-refractivity contribution is -0.169. The molecule has 0 spiro atoms. The molecule has 2 bridgehead atoms. The number of carboxylic acid groups (broad SMARTS) is 1. The number of carboxylic acids is 1. The molecule has 0 aromatic rings. The lowest BCUT2D eigenvalue weighted by atomic mass is 9.96. The highest BCUT2D eigenvalue weighted by atomic mass is 16.7. The fraction of sp³-hybridized carbons (Fsp3) is 0.812. The predicted molar refractivity (Wildman–Crippen MR) is 167 cm³/mol. The molecule has 46 heavy (non-hydrogen) atoms. The molecule has 3 aliphatic heterocycles. The Morgan fingerprint density at radius 2 is 1.48 bits per heavy atom. The zero-order chi connectivity index (χ0) is 33.8. The molecule has 2 unspecified atom stereocenters. The fourth-order valence-corrected chi connectivity index (χ4v) is 6.50. The van der Waals surface area contributed by atoms with Crippen LogP contribution in [0.1, 0.15) is 66.2 Å². The molecule has 3 heterocycles. The second-order valence-corrected chi connectivity index (χ2v) is 13.4. The van der Waals surface area contributed by atoms with Gasteiger partial charge < -0.3 is 24.8 Å². The van der Waals surface area contributed by atoms with Gasteiger partial charge in [0.25, 0.3) is 0 Å². The van der Waals surface area contributed by atoms with Crippen molar-refractivity contribution in [2.45, 2.75) is 78.3 Å². The van der Waals surface area contributed by atoms with E-state index in [1.807, 2.05) is 19.6 Å². The maximum Gasteiger partial charge on any atom is 0.323 e. The van der Waals surface area contributed by atoms with Crippen molar-refractivity contribution in [3.63, 3.8) is 0 Å². The van der Waals surface area contributed by atoms with Gasteiger partial charge in [-0.15, -0.1) is 0 Å². The Morgan fingerprint density at radius 3 is 2.11 bits per heavy atom. The molecular formula is C32H53N5O9. The van der Waals surface area contributed by atoms with Crippen molar-refractivity contribution in [1.29, 1.82) is 0 Å². The van der Waals surface area contributed by atoms with Gasteiger partial charge in [-0.1, -0.05) is 20.8 Å². The highest BCUT2D eigenvalue weighted by molar-refractivity contribution is 5.91. The predicted octanol–water partition coefficient (Wildman–Crippen LogP) is 0.582. The molecule has 5 atom stereocenters. The topological polar surface area (TPSA) is 166 Å². The van der Waals surface area contributed by atoms with Gasteiger partial charge in [0.1, 0.15) is 11.8 Å². The molecule has 3 aliphatic rings. The van der Waals surface area contributed by atoms with E-state index < -0.39 is 36.7 Å². The number of ketones is 1. The van der Waals surface area contributed by atoms with E-state index in [2.05, 4.69) is 19.2 Å². The standard InChI is InChI=1S/C32H53N5O9/c1-22(2)27-6-5-9-37(27)32(44)24(4)33-31(43)23(3)16-26(38)18-34-10-7-25-8-11-35(19-28(39)40)13-15-36(14-12-34)20-30(42)46-21-45-29(41)17-25/h22-25,27H,5-21H2,1-4H3,(H,33,43)(H,39,40)/t23-,24-,25?,27+/m1/s1. The van der Waals surface area contributed by atoms with Crippen molar-refractivity contribution in [3.8, 4) is 0 Å². The molecule has 0 radical (unpaired) electrons. The summed E-state index contributed by atoms with van der Waals surface area (Å²) >= 11 is 0. The van der Waals surface area contributed by atoms with Crippen LogP contribution in [0, 0.1) is 17.8 Å². The van der Waals surface area contributed by atoms with Crippen LogP contribution in [-0.2, 0) is 38.2 Å². The lowest BCUT2D eigenvalue weighted by Gasteiger charge is -2.32. The van der Waals surface area contributed by atoms with Gasteiger partial charge in [-0.05, 0) is 57.5 Å². The van der Waals surface area contributed by atoms with Crippen molar-refractivity contribution < 1.29 is 43.3 Å². The van der Waals surface area contributed by atoms with Crippen LogP contribution in [0.3, 0.4) is 0 Å². The summed E-state index contributed by atoms with van der Waals surface area (Å²) in [5, 5.41) is 12.2. The number of carbonyl (C=O) groups excluding carboxylic acids is 5. The van der Waals surface area contributed by atoms with Crippen molar-refractivity contribution in [3.05, 3.63) is 0 Å². The van der Waals surface area contributed by atoms with Crippen LogP contribution < -0.4 is 5.32 Å². The first-order valence-corrected chi connectivity index (χ1v) is 16.6. The number of nitrogens with zero attached hydrogens (tertiary/aromatic N) is 4. The van der Waals surface area contributed by atoms with Crippen LogP contribution in [0.2, 0.25) is 0 Å². The van der Waals surface area contributed by atoms with Gasteiger partial charge in [0, 0.05) is 57.5 Å². The molecule has 2 amide bonds. The summed E-state index contributed by atoms with van der Waals surface area (Å²) in [5.41, 5.74) is 0. The Bertz CT molecular complexity index is 1050.